The zero-order chi connectivity index (χ0) is 16.4. The van der Waals surface area contributed by atoms with Gasteiger partial charge in [-0.2, -0.15) is 5.26 Å². The smallest absolute Gasteiger partial charge is 0.293 e. The first-order valence-electron chi connectivity index (χ1n) is 6.95. The molecule has 0 bridgehead atoms. The van der Waals surface area contributed by atoms with E-state index in [-0.39, 0.29) is 17.7 Å². The number of imide groups is 1. The first-order chi connectivity index (χ1) is 11.1. The maximum absolute atomic E-state index is 12.5. The lowest BCUT2D eigenvalue weighted by Crippen LogP contribution is -2.27. The van der Waals surface area contributed by atoms with Crippen molar-refractivity contribution in [2.24, 2.45) is 7.05 Å². The van der Waals surface area contributed by atoms with Crippen LogP contribution < -0.4 is 0 Å². The van der Waals surface area contributed by atoms with Crippen molar-refractivity contribution >= 4 is 29.0 Å². The molecule has 0 aliphatic carbocycles. The van der Waals surface area contributed by atoms with Gasteiger partial charge in [-0.1, -0.05) is 18.2 Å². The van der Waals surface area contributed by atoms with Crippen molar-refractivity contribution in [3.05, 3.63) is 64.3 Å². The van der Waals surface area contributed by atoms with Gasteiger partial charge in [-0.25, -0.2) is 0 Å². The number of aromatic nitrogens is 1. The average Bonchev–Trinajstić information content (AvgIpc) is 3.06. The highest BCUT2D eigenvalue weighted by atomic mass is 32.2. The number of hydrogen-bond donors (Lipinski definition) is 0. The second kappa shape index (κ2) is 6.15. The molecule has 0 saturated carbocycles. The molecule has 114 valence electrons. The fourth-order valence-electron chi connectivity index (χ4n) is 2.33. The molecule has 5 nitrogen and oxygen atoms in total. The first kappa shape index (κ1) is 15.1. The van der Waals surface area contributed by atoms with Crippen LogP contribution in [0.25, 0.3) is 6.08 Å². The van der Waals surface area contributed by atoms with E-state index in [0.29, 0.717) is 16.0 Å². The van der Waals surface area contributed by atoms with E-state index in [1.807, 2.05) is 29.9 Å². The summed E-state index contributed by atoms with van der Waals surface area (Å²) >= 11 is 0.924. The van der Waals surface area contributed by atoms with Crippen LogP contribution in [0, 0.1) is 11.3 Å². The zero-order valence-corrected chi connectivity index (χ0v) is 13.2. The van der Waals surface area contributed by atoms with Crippen molar-refractivity contribution < 1.29 is 9.59 Å². The predicted molar refractivity (Wildman–Crippen MR) is 88.1 cm³/mol. The molecule has 3 rings (SSSR count). The number of nitrogens with zero attached hydrogens (tertiary/aromatic N) is 3. The Morgan fingerprint density at radius 1 is 1.22 bits per heavy atom. The van der Waals surface area contributed by atoms with Crippen LogP contribution in [0.1, 0.15) is 16.8 Å². The minimum Gasteiger partial charge on any atom is -0.351 e. The highest BCUT2D eigenvalue weighted by Crippen LogP contribution is 2.33. The van der Waals surface area contributed by atoms with Gasteiger partial charge in [0.1, 0.15) is 0 Å². The van der Waals surface area contributed by atoms with Crippen molar-refractivity contribution in [2.75, 3.05) is 0 Å². The maximum atomic E-state index is 12.5. The molecule has 0 unspecified atom stereocenters. The Labute approximate surface area is 137 Å². The van der Waals surface area contributed by atoms with Gasteiger partial charge in [-0.3, -0.25) is 14.5 Å². The summed E-state index contributed by atoms with van der Waals surface area (Å²) in [6, 6.07) is 12.8. The Kier molecular flexibility index (Phi) is 4.04. The van der Waals surface area contributed by atoms with Gasteiger partial charge in [0.15, 0.2) is 0 Å². The van der Waals surface area contributed by atoms with E-state index >= 15 is 0 Å². The normalized spacial score (nSPS) is 16.2. The average molecular weight is 323 g/mol. The molecular weight excluding hydrogens is 310 g/mol. The Balaban J connectivity index is 1.86. The molecule has 6 heteroatoms. The molecule has 2 aromatic rings. The second-order valence-electron chi connectivity index (χ2n) is 5.08. The number of hydrogen-bond acceptors (Lipinski definition) is 4. The summed E-state index contributed by atoms with van der Waals surface area (Å²) in [5.74, 6) is -0.325. The Bertz CT molecular complexity index is 861. The number of carbonyl (C=O) groups excluding carboxylic acids is 2. The van der Waals surface area contributed by atoms with Crippen LogP contribution in [0.2, 0.25) is 0 Å². The Morgan fingerprint density at radius 2 is 2.00 bits per heavy atom. The molecule has 1 aliphatic rings. The number of thioether (sulfide) groups is 1. The molecule has 23 heavy (non-hydrogen) atoms. The molecule has 1 aromatic heterocycles. The van der Waals surface area contributed by atoms with Crippen LogP contribution >= 0.6 is 11.8 Å². The molecule has 0 spiro atoms. The minimum absolute atomic E-state index is 0.110. The molecule has 1 saturated heterocycles. The highest BCUT2D eigenvalue weighted by Gasteiger charge is 2.35. The largest absolute Gasteiger partial charge is 0.351 e. The van der Waals surface area contributed by atoms with Gasteiger partial charge in [0, 0.05) is 18.9 Å². The third kappa shape index (κ3) is 2.91. The van der Waals surface area contributed by atoms with E-state index in [4.69, 9.17) is 5.26 Å². The van der Waals surface area contributed by atoms with Crippen LogP contribution in [0.5, 0.6) is 0 Å². The van der Waals surface area contributed by atoms with E-state index < -0.39 is 0 Å². The molecule has 1 aliphatic heterocycles. The fraction of sp³-hybridized carbons (Fsp3) is 0.118. The summed E-state index contributed by atoms with van der Waals surface area (Å²) in [6.07, 6.45) is 3.58. The molecule has 2 amide bonds. The zero-order valence-electron chi connectivity index (χ0n) is 12.4. The molecule has 0 N–H and O–H groups in total. The minimum atomic E-state index is -0.325. The van der Waals surface area contributed by atoms with Crippen LogP contribution in [0.3, 0.4) is 0 Å². The quantitative estimate of drug-likeness (QED) is 0.814. The number of nitriles is 1. The first-order valence-corrected chi connectivity index (χ1v) is 7.76. The van der Waals surface area contributed by atoms with Crippen molar-refractivity contribution in [3.8, 4) is 6.07 Å². The van der Waals surface area contributed by atoms with Gasteiger partial charge < -0.3 is 4.57 Å². The number of rotatable bonds is 3. The monoisotopic (exact) mass is 323 g/mol. The summed E-state index contributed by atoms with van der Waals surface area (Å²) in [7, 11) is 1.87. The molecule has 0 radical (unpaired) electrons. The summed E-state index contributed by atoms with van der Waals surface area (Å²) in [6.45, 7) is 0.110. The van der Waals surface area contributed by atoms with Gasteiger partial charge in [-0.05, 0) is 41.6 Å². The van der Waals surface area contributed by atoms with E-state index in [1.54, 1.807) is 30.3 Å². The molecule has 2 heterocycles. The number of benzene rings is 1. The van der Waals surface area contributed by atoms with E-state index in [9.17, 15) is 9.59 Å². The topological polar surface area (TPSA) is 66.1 Å². The van der Waals surface area contributed by atoms with E-state index in [1.165, 1.54) is 4.90 Å². The maximum Gasteiger partial charge on any atom is 0.293 e. The van der Waals surface area contributed by atoms with Gasteiger partial charge in [0.2, 0.25) is 0 Å². The SMILES string of the molecule is Cn1cccc1/C=C1\SC(=O)N(Cc2ccccc2C#N)C1=O. The van der Waals surface area contributed by atoms with Gasteiger partial charge in [0.05, 0.1) is 23.1 Å². The lowest BCUT2D eigenvalue weighted by Gasteiger charge is -2.13. The molecule has 0 atom stereocenters. The standard InChI is InChI=1S/C17H13N3O2S/c1-19-8-4-7-14(19)9-15-16(21)20(17(22)23-15)11-13-6-3-2-5-12(13)10-18/h2-9H,11H2,1H3/b15-9-. The van der Waals surface area contributed by atoms with Crippen LogP contribution in [0.15, 0.2) is 47.5 Å². The fourth-order valence-corrected chi connectivity index (χ4v) is 3.16. The highest BCUT2D eigenvalue weighted by molar-refractivity contribution is 8.18. The summed E-state index contributed by atoms with van der Waals surface area (Å²) in [5.41, 5.74) is 1.99. The second-order valence-corrected chi connectivity index (χ2v) is 6.07. The van der Waals surface area contributed by atoms with Crippen LogP contribution in [-0.2, 0) is 18.4 Å². The van der Waals surface area contributed by atoms with Gasteiger partial charge in [-0.15, -0.1) is 0 Å². The van der Waals surface area contributed by atoms with Crippen molar-refractivity contribution in [2.45, 2.75) is 6.54 Å². The summed E-state index contributed by atoms with van der Waals surface area (Å²) < 4.78 is 1.87. The Morgan fingerprint density at radius 3 is 2.70 bits per heavy atom. The molecular formula is C17H13N3O2S. The number of aryl methyl sites for hydroxylation is 1. The Hall–Kier alpha value is -2.78. The predicted octanol–water partition coefficient (Wildman–Crippen LogP) is 3.13. The van der Waals surface area contributed by atoms with Gasteiger partial charge in [0.25, 0.3) is 11.1 Å². The third-order valence-electron chi connectivity index (χ3n) is 3.60. The number of carbonyl (C=O) groups is 2. The van der Waals surface area contributed by atoms with Crippen molar-refractivity contribution in [1.82, 2.24) is 9.47 Å². The number of amides is 2. The van der Waals surface area contributed by atoms with Crippen molar-refractivity contribution in [1.29, 1.82) is 5.26 Å². The summed E-state index contributed by atoms with van der Waals surface area (Å²) in [5, 5.41) is 8.80. The van der Waals surface area contributed by atoms with Crippen LogP contribution in [-0.4, -0.2) is 20.6 Å². The van der Waals surface area contributed by atoms with Crippen LogP contribution in [0.4, 0.5) is 4.79 Å². The lowest BCUT2D eigenvalue weighted by molar-refractivity contribution is -0.123. The lowest BCUT2D eigenvalue weighted by atomic mass is 10.1. The van der Waals surface area contributed by atoms with E-state index in [2.05, 4.69) is 6.07 Å². The van der Waals surface area contributed by atoms with Crippen molar-refractivity contribution in [3.63, 3.8) is 0 Å². The molecule has 1 fully saturated rings. The van der Waals surface area contributed by atoms with E-state index in [0.717, 1.165) is 17.5 Å². The summed E-state index contributed by atoms with van der Waals surface area (Å²) in [4.78, 5) is 26.2. The third-order valence-corrected chi connectivity index (χ3v) is 4.51. The van der Waals surface area contributed by atoms with Gasteiger partial charge >= 0.3 is 0 Å². The molecule has 1 aromatic carbocycles.